The lowest BCUT2D eigenvalue weighted by atomic mass is 10.0. The number of nitrogens with zero attached hydrogens (tertiary/aromatic N) is 3. The molecule has 2 N–H and O–H groups in total. The van der Waals surface area contributed by atoms with Crippen LogP contribution in [0.5, 0.6) is 0 Å². The van der Waals surface area contributed by atoms with Crippen molar-refractivity contribution >= 4 is 11.8 Å². The predicted molar refractivity (Wildman–Crippen MR) is 59.1 cm³/mol. The molecule has 2 atom stereocenters. The van der Waals surface area contributed by atoms with Crippen LogP contribution in [0.3, 0.4) is 0 Å². The van der Waals surface area contributed by atoms with Gasteiger partial charge in [0.25, 0.3) is 0 Å². The summed E-state index contributed by atoms with van der Waals surface area (Å²) < 4.78 is 12.9. The van der Waals surface area contributed by atoms with Crippen LogP contribution in [0.4, 0.5) is 16.2 Å². The minimum atomic E-state index is -0.545. The van der Waals surface area contributed by atoms with Crippen molar-refractivity contribution in [3.8, 4) is 0 Å². The zero-order valence-corrected chi connectivity index (χ0v) is 8.93. The fraction of sp³-hybridized carbons (Fsp3) is 0.545. The Balaban J connectivity index is 1.81. The van der Waals surface area contributed by atoms with E-state index in [2.05, 4.69) is 21.3 Å². The van der Waals surface area contributed by atoms with Gasteiger partial charge in [-0.2, -0.15) is 4.98 Å². The first-order chi connectivity index (χ1) is 7.74. The van der Waals surface area contributed by atoms with Crippen LogP contribution in [0.25, 0.3) is 0 Å². The van der Waals surface area contributed by atoms with E-state index in [1.54, 1.807) is 0 Å². The zero-order chi connectivity index (χ0) is 11.1. The number of halogens is 1. The molecule has 0 amide bonds. The molecule has 1 saturated carbocycles. The standard InChI is InChI=1S/C11H14FN4/c12-9-4-14-11(15-10(9)13)16-5-7-2-1-3-8(7)6-16/h1,4,7-8H,2-3,5-6H2,(H2,13,14,15)/t7-,8+. The molecular formula is C11H14FN4. The number of anilines is 2. The number of hydrogen-bond acceptors (Lipinski definition) is 4. The highest BCUT2D eigenvalue weighted by molar-refractivity contribution is 5.40. The maximum atomic E-state index is 12.9. The smallest absolute Gasteiger partial charge is 0.227 e. The average Bonchev–Trinajstić information content (AvgIpc) is 2.81. The van der Waals surface area contributed by atoms with Crippen LogP contribution in [0.2, 0.25) is 0 Å². The SMILES string of the molecule is Nc1nc(N2C[C@H]3C[CH]C[C@H]3C2)ncc1F. The summed E-state index contributed by atoms with van der Waals surface area (Å²) in [4.78, 5) is 10.1. The summed E-state index contributed by atoms with van der Waals surface area (Å²) in [7, 11) is 0. The molecule has 85 valence electrons. The van der Waals surface area contributed by atoms with Crippen LogP contribution in [-0.4, -0.2) is 23.1 Å². The van der Waals surface area contributed by atoms with E-state index in [-0.39, 0.29) is 5.82 Å². The largest absolute Gasteiger partial charge is 0.381 e. The van der Waals surface area contributed by atoms with Gasteiger partial charge in [-0.1, -0.05) is 0 Å². The Morgan fingerprint density at radius 2 is 2.00 bits per heavy atom. The van der Waals surface area contributed by atoms with Crippen molar-refractivity contribution in [2.45, 2.75) is 12.8 Å². The fourth-order valence-corrected chi connectivity index (χ4v) is 2.68. The van der Waals surface area contributed by atoms with Crippen LogP contribution in [-0.2, 0) is 0 Å². The maximum Gasteiger partial charge on any atom is 0.227 e. The Labute approximate surface area is 93.7 Å². The lowest BCUT2D eigenvalue weighted by Gasteiger charge is -2.16. The molecular weight excluding hydrogens is 207 g/mol. The molecule has 0 bridgehead atoms. The summed E-state index contributed by atoms with van der Waals surface area (Å²) in [5, 5.41) is 0. The van der Waals surface area contributed by atoms with Crippen molar-refractivity contribution in [1.29, 1.82) is 0 Å². The summed E-state index contributed by atoms with van der Waals surface area (Å²) in [6.45, 7) is 1.93. The summed E-state index contributed by atoms with van der Waals surface area (Å²) in [6.07, 6.45) is 5.86. The van der Waals surface area contributed by atoms with Crippen LogP contribution >= 0.6 is 0 Å². The minimum absolute atomic E-state index is 0.0615. The third-order valence-corrected chi connectivity index (χ3v) is 3.56. The second kappa shape index (κ2) is 3.57. The Kier molecular flexibility index (Phi) is 2.19. The van der Waals surface area contributed by atoms with Gasteiger partial charge in [-0.15, -0.1) is 0 Å². The average molecular weight is 221 g/mol. The number of nitrogen functional groups attached to an aromatic ring is 1. The van der Waals surface area contributed by atoms with Gasteiger partial charge in [0, 0.05) is 13.1 Å². The van der Waals surface area contributed by atoms with Gasteiger partial charge in [0.1, 0.15) is 0 Å². The molecule has 0 spiro atoms. The molecule has 1 aromatic rings. The molecule has 1 aromatic heterocycles. The van der Waals surface area contributed by atoms with Crippen LogP contribution in [0, 0.1) is 24.1 Å². The van der Waals surface area contributed by atoms with Crippen molar-refractivity contribution in [3.05, 3.63) is 18.4 Å². The van der Waals surface area contributed by atoms with Crippen LogP contribution in [0.1, 0.15) is 12.8 Å². The van der Waals surface area contributed by atoms with Crippen molar-refractivity contribution in [2.75, 3.05) is 23.7 Å². The number of rotatable bonds is 1. The second-order valence-electron chi connectivity index (χ2n) is 4.59. The Morgan fingerprint density at radius 3 is 2.62 bits per heavy atom. The molecule has 1 aliphatic heterocycles. The first-order valence-electron chi connectivity index (χ1n) is 5.58. The van der Waals surface area contributed by atoms with Gasteiger partial charge in [0.2, 0.25) is 5.95 Å². The molecule has 5 heteroatoms. The molecule has 0 aromatic carbocycles. The fourth-order valence-electron chi connectivity index (χ4n) is 2.68. The van der Waals surface area contributed by atoms with Crippen molar-refractivity contribution in [2.24, 2.45) is 11.8 Å². The van der Waals surface area contributed by atoms with Gasteiger partial charge >= 0.3 is 0 Å². The van der Waals surface area contributed by atoms with Gasteiger partial charge in [-0.3, -0.25) is 0 Å². The van der Waals surface area contributed by atoms with E-state index in [9.17, 15) is 4.39 Å². The van der Waals surface area contributed by atoms with E-state index >= 15 is 0 Å². The van der Waals surface area contributed by atoms with Gasteiger partial charge < -0.3 is 10.6 Å². The molecule has 0 unspecified atom stereocenters. The summed E-state index contributed by atoms with van der Waals surface area (Å²) >= 11 is 0. The Hall–Kier alpha value is -1.39. The van der Waals surface area contributed by atoms with Crippen LogP contribution in [0.15, 0.2) is 6.20 Å². The van der Waals surface area contributed by atoms with Gasteiger partial charge in [-0.05, 0) is 31.1 Å². The first kappa shape index (κ1) is 9.81. The number of aromatic nitrogens is 2. The zero-order valence-electron chi connectivity index (χ0n) is 8.93. The van der Waals surface area contributed by atoms with Crippen molar-refractivity contribution in [3.63, 3.8) is 0 Å². The highest BCUT2D eigenvalue weighted by Gasteiger charge is 2.37. The molecule has 1 radical (unpaired) electrons. The highest BCUT2D eigenvalue weighted by atomic mass is 19.1. The van der Waals surface area contributed by atoms with E-state index in [0.717, 1.165) is 31.1 Å². The predicted octanol–water partition coefficient (Wildman–Crippen LogP) is 1.25. The van der Waals surface area contributed by atoms with E-state index in [0.29, 0.717) is 5.95 Å². The third-order valence-electron chi connectivity index (χ3n) is 3.56. The quantitative estimate of drug-likeness (QED) is 0.775. The molecule has 2 aliphatic rings. The summed E-state index contributed by atoms with van der Waals surface area (Å²) in [6, 6.07) is 0. The highest BCUT2D eigenvalue weighted by Crippen LogP contribution is 2.38. The second-order valence-corrected chi connectivity index (χ2v) is 4.59. The van der Waals surface area contributed by atoms with Crippen molar-refractivity contribution < 1.29 is 4.39 Å². The number of hydrogen-bond donors (Lipinski definition) is 1. The van der Waals surface area contributed by atoms with Crippen molar-refractivity contribution in [1.82, 2.24) is 9.97 Å². The molecule has 2 heterocycles. The molecule has 2 fully saturated rings. The van der Waals surface area contributed by atoms with Gasteiger partial charge in [0.15, 0.2) is 11.6 Å². The Bertz CT molecular complexity index is 397. The summed E-state index contributed by atoms with van der Waals surface area (Å²) in [5.41, 5.74) is 5.45. The van der Waals surface area contributed by atoms with E-state index < -0.39 is 5.82 Å². The monoisotopic (exact) mass is 221 g/mol. The first-order valence-corrected chi connectivity index (χ1v) is 5.58. The topological polar surface area (TPSA) is 55.0 Å². The maximum absolute atomic E-state index is 12.9. The van der Waals surface area contributed by atoms with E-state index in [4.69, 9.17) is 5.73 Å². The summed E-state index contributed by atoms with van der Waals surface area (Å²) in [5.74, 6) is 1.39. The lowest BCUT2D eigenvalue weighted by molar-refractivity contribution is 0.494. The molecule has 4 nitrogen and oxygen atoms in total. The number of nitrogens with two attached hydrogens (primary N) is 1. The normalized spacial score (nSPS) is 28.4. The number of fused-ring (bicyclic) bond motifs is 1. The van der Waals surface area contributed by atoms with E-state index in [1.807, 2.05) is 0 Å². The minimum Gasteiger partial charge on any atom is -0.381 e. The molecule has 16 heavy (non-hydrogen) atoms. The van der Waals surface area contributed by atoms with Gasteiger partial charge in [-0.25, -0.2) is 9.37 Å². The molecule has 3 rings (SSSR count). The lowest BCUT2D eigenvalue weighted by Crippen LogP contribution is -2.23. The molecule has 1 saturated heterocycles. The third kappa shape index (κ3) is 1.50. The molecule has 1 aliphatic carbocycles. The van der Waals surface area contributed by atoms with Crippen LogP contribution < -0.4 is 10.6 Å². The van der Waals surface area contributed by atoms with E-state index in [1.165, 1.54) is 12.8 Å². The van der Waals surface area contributed by atoms with Gasteiger partial charge in [0.05, 0.1) is 6.20 Å². The Morgan fingerprint density at radius 1 is 1.31 bits per heavy atom.